The van der Waals surface area contributed by atoms with Crippen LogP contribution in [0, 0.1) is 18.3 Å². The Hall–Kier alpha value is -4.11. The number of H-pyrrole nitrogens is 1. The number of methoxy groups -OCH3 is 1. The van der Waals surface area contributed by atoms with Gasteiger partial charge in [-0.1, -0.05) is 0 Å². The number of rotatable bonds is 4. The summed E-state index contributed by atoms with van der Waals surface area (Å²) in [6, 6.07) is 6.13. The Morgan fingerprint density at radius 1 is 1.24 bits per heavy atom. The van der Waals surface area contributed by atoms with Crippen LogP contribution in [0.1, 0.15) is 43.3 Å². The molecule has 194 valence electrons. The number of hydrogen-bond donors (Lipinski definition) is 2. The maximum atomic E-state index is 15.2. The van der Waals surface area contributed by atoms with E-state index in [4.69, 9.17) is 9.47 Å². The number of aryl methyl sites for hydroxylation is 1. The zero-order valence-corrected chi connectivity index (χ0v) is 21.0. The van der Waals surface area contributed by atoms with E-state index in [1.165, 1.54) is 42.3 Å². The fourth-order valence-corrected chi connectivity index (χ4v) is 4.44. The summed E-state index contributed by atoms with van der Waals surface area (Å²) in [5, 5.41) is 11.7. The van der Waals surface area contributed by atoms with Crippen molar-refractivity contribution in [2.24, 2.45) is 0 Å². The monoisotopic (exact) mass is 514 g/mol. The molecule has 0 aliphatic heterocycles. The number of benzene rings is 1. The van der Waals surface area contributed by atoms with Gasteiger partial charge in [0.1, 0.15) is 23.2 Å². The Labute approximate surface area is 210 Å². The molecule has 0 saturated carbocycles. The summed E-state index contributed by atoms with van der Waals surface area (Å²) >= 11 is 0. The summed E-state index contributed by atoms with van der Waals surface area (Å²) in [4.78, 5) is 23.8. The molecule has 0 saturated heterocycles. The van der Waals surface area contributed by atoms with Crippen molar-refractivity contribution in [2.45, 2.75) is 45.0 Å². The molecule has 1 aromatic carbocycles. The molecular weight excluding hydrogens is 489 g/mol. The quantitative estimate of drug-likeness (QED) is 0.397. The van der Waals surface area contributed by atoms with Crippen LogP contribution in [0.3, 0.4) is 0 Å². The summed E-state index contributed by atoms with van der Waals surface area (Å²) in [5.41, 5.74) is -2.96. The molecule has 0 aliphatic carbocycles. The van der Waals surface area contributed by atoms with E-state index >= 15 is 13.2 Å². The standard InChI is InChI=1S/C25H25F3N6O3/c1-13-9-17(36-6)18(15-7-8-34(19(13)15)22(35)37-23(2,3)4)24(30-5,25(26,27)28)21-32-16-10-14(11-29)12-31-20(16)33-21/h7-10,12,30H,1-6H3,(H,31,32,33). The van der Waals surface area contributed by atoms with Crippen LogP contribution in [0.4, 0.5) is 18.0 Å². The van der Waals surface area contributed by atoms with Crippen molar-refractivity contribution in [3.05, 3.63) is 53.1 Å². The summed E-state index contributed by atoms with van der Waals surface area (Å²) in [6.45, 7) is 6.75. The lowest BCUT2D eigenvalue weighted by Crippen LogP contribution is -2.54. The molecule has 4 aromatic rings. The molecule has 9 nitrogen and oxygen atoms in total. The van der Waals surface area contributed by atoms with E-state index < -0.39 is 29.2 Å². The largest absolute Gasteiger partial charge is 0.496 e. The Kier molecular flexibility index (Phi) is 6.16. The van der Waals surface area contributed by atoms with Gasteiger partial charge in [0, 0.05) is 23.3 Å². The average Bonchev–Trinajstić information content (AvgIpc) is 3.43. The van der Waals surface area contributed by atoms with Gasteiger partial charge in [0.2, 0.25) is 5.54 Å². The fraction of sp³-hybridized carbons (Fsp3) is 0.360. The number of pyridine rings is 1. The first kappa shape index (κ1) is 26.0. The lowest BCUT2D eigenvalue weighted by molar-refractivity contribution is -0.187. The van der Waals surface area contributed by atoms with Crippen LogP contribution < -0.4 is 10.1 Å². The molecule has 4 rings (SSSR count). The van der Waals surface area contributed by atoms with Crippen LogP contribution in [0.25, 0.3) is 22.1 Å². The topological polar surface area (TPSA) is 118 Å². The summed E-state index contributed by atoms with van der Waals surface area (Å²) in [7, 11) is 2.43. The SMILES string of the molecule is CNC(c1nc2ncc(C#N)cc2[nH]1)(c1c(OC)cc(C)c2c1ccn2C(=O)OC(C)(C)C)C(F)(F)F. The van der Waals surface area contributed by atoms with Crippen molar-refractivity contribution in [2.75, 3.05) is 14.2 Å². The molecule has 0 spiro atoms. The molecule has 0 radical (unpaired) electrons. The van der Waals surface area contributed by atoms with E-state index in [1.807, 2.05) is 6.07 Å². The lowest BCUT2D eigenvalue weighted by atomic mass is 9.84. The molecule has 0 bridgehead atoms. The van der Waals surface area contributed by atoms with Gasteiger partial charge < -0.3 is 14.5 Å². The fourth-order valence-electron chi connectivity index (χ4n) is 4.44. The van der Waals surface area contributed by atoms with Crippen LogP contribution in [0.15, 0.2) is 30.6 Å². The number of ether oxygens (including phenoxy) is 2. The van der Waals surface area contributed by atoms with Crippen molar-refractivity contribution >= 4 is 28.2 Å². The van der Waals surface area contributed by atoms with Gasteiger partial charge in [-0.15, -0.1) is 0 Å². The number of carbonyl (C=O) groups is 1. The van der Waals surface area contributed by atoms with Crippen LogP contribution in [-0.4, -0.2) is 51.5 Å². The van der Waals surface area contributed by atoms with Crippen molar-refractivity contribution < 1.29 is 27.4 Å². The average molecular weight is 515 g/mol. The number of carbonyl (C=O) groups excluding carboxylic acids is 1. The van der Waals surface area contributed by atoms with Gasteiger partial charge >= 0.3 is 12.3 Å². The highest BCUT2D eigenvalue weighted by molar-refractivity contribution is 5.96. The van der Waals surface area contributed by atoms with E-state index in [1.54, 1.807) is 27.7 Å². The number of nitrogens with one attached hydrogen (secondary N) is 2. The van der Waals surface area contributed by atoms with Gasteiger partial charge in [0.25, 0.3) is 0 Å². The number of nitrogens with zero attached hydrogens (tertiary/aromatic N) is 4. The number of halogens is 3. The van der Waals surface area contributed by atoms with Crippen LogP contribution in [0.5, 0.6) is 5.75 Å². The summed E-state index contributed by atoms with van der Waals surface area (Å²) < 4.78 is 57.7. The van der Waals surface area contributed by atoms with E-state index in [9.17, 15) is 10.1 Å². The molecule has 0 aliphatic rings. The van der Waals surface area contributed by atoms with E-state index in [0.717, 1.165) is 7.05 Å². The van der Waals surface area contributed by atoms with Crippen molar-refractivity contribution in [1.82, 2.24) is 24.8 Å². The van der Waals surface area contributed by atoms with Crippen molar-refractivity contribution in [1.29, 1.82) is 5.26 Å². The minimum Gasteiger partial charge on any atom is -0.496 e. The third-order valence-corrected chi connectivity index (χ3v) is 5.93. The van der Waals surface area contributed by atoms with Crippen LogP contribution in [-0.2, 0) is 10.3 Å². The van der Waals surface area contributed by atoms with Gasteiger partial charge in [0.05, 0.1) is 23.7 Å². The third-order valence-electron chi connectivity index (χ3n) is 5.93. The summed E-state index contributed by atoms with van der Waals surface area (Å²) in [6.07, 6.45) is -3.09. The number of alkyl halides is 3. The van der Waals surface area contributed by atoms with E-state index in [0.29, 0.717) is 5.56 Å². The molecule has 1 unspecified atom stereocenters. The molecule has 1 atom stereocenters. The van der Waals surface area contributed by atoms with E-state index in [-0.39, 0.29) is 38.9 Å². The predicted molar refractivity (Wildman–Crippen MR) is 129 cm³/mol. The Morgan fingerprint density at radius 3 is 2.51 bits per heavy atom. The van der Waals surface area contributed by atoms with Gasteiger partial charge in [-0.2, -0.15) is 18.4 Å². The number of fused-ring (bicyclic) bond motifs is 2. The first-order chi connectivity index (χ1) is 17.3. The van der Waals surface area contributed by atoms with Crippen molar-refractivity contribution in [3.63, 3.8) is 0 Å². The first-order valence-electron chi connectivity index (χ1n) is 11.2. The van der Waals surface area contributed by atoms with E-state index in [2.05, 4.69) is 20.3 Å². The smallest absolute Gasteiger partial charge is 0.419 e. The zero-order chi connectivity index (χ0) is 27.3. The van der Waals surface area contributed by atoms with Gasteiger partial charge in [-0.3, -0.25) is 9.88 Å². The molecule has 12 heteroatoms. The number of aromatic amines is 1. The lowest BCUT2D eigenvalue weighted by Gasteiger charge is -2.35. The van der Waals surface area contributed by atoms with Crippen molar-refractivity contribution in [3.8, 4) is 11.8 Å². The highest BCUT2D eigenvalue weighted by atomic mass is 19.4. The molecule has 37 heavy (non-hydrogen) atoms. The normalized spacial score (nSPS) is 13.9. The first-order valence-corrected chi connectivity index (χ1v) is 11.2. The van der Waals surface area contributed by atoms with Gasteiger partial charge in [-0.25, -0.2) is 14.8 Å². The summed E-state index contributed by atoms with van der Waals surface area (Å²) in [5.74, 6) is -0.571. The van der Waals surface area contributed by atoms with Gasteiger partial charge in [0.15, 0.2) is 5.65 Å². The Balaban J connectivity index is 2.09. The molecule has 2 N–H and O–H groups in total. The Bertz CT molecular complexity index is 1560. The number of aromatic nitrogens is 4. The second kappa shape index (κ2) is 8.77. The molecule has 3 aromatic heterocycles. The van der Waals surface area contributed by atoms with Crippen LogP contribution in [0.2, 0.25) is 0 Å². The number of hydrogen-bond acceptors (Lipinski definition) is 7. The molecule has 3 heterocycles. The minimum atomic E-state index is -4.95. The Morgan fingerprint density at radius 2 is 1.95 bits per heavy atom. The second-order valence-corrected chi connectivity index (χ2v) is 9.49. The maximum Gasteiger partial charge on any atom is 0.419 e. The molecule has 0 amide bonds. The highest BCUT2D eigenvalue weighted by Gasteiger charge is 2.61. The van der Waals surface area contributed by atoms with Gasteiger partial charge in [-0.05, 0) is 58.5 Å². The molecular formula is C25H25F3N6O3. The maximum absolute atomic E-state index is 15.2. The third kappa shape index (κ3) is 4.15. The highest BCUT2D eigenvalue weighted by Crippen LogP contribution is 2.50. The zero-order valence-electron chi connectivity index (χ0n) is 21.0. The molecule has 0 fully saturated rings. The second-order valence-electron chi connectivity index (χ2n) is 9.49. The minimum absolute atomic E-state index is 0.00604. The number of imidazole rings is 1. The predicted octanol–water partition coefficient (Wildman–Crippen LogP) is 4.91. The van der Waals surface area contributed by atoms with Crippen LogP contribution >= 0.6 is 0 Å². The number of nitriles is 1.